The van der Waals surface area contributed by atoms with Crippen molar-refractivity contribution in [2.45, 2.75) is 13.3 Å². The highest BCUT2D eigenvalue weighted by Gasteiger charge is 2.13. The molecule has 1 N–H and O–H groups in total. The predicted octanol–water partition coefficient (Wildman–Crippen LogP) is 3.11. The van der Waals surface area contributed by atoms with Crippen LogP contribution in [-0.4, -0.2) is 50.8 Å². The van der Waals surface area contributed by atoms with Crippen molar-refractivity contribution in [1.82, 2.24) is 4.90 Å². The Hall–Kier alpha value is -2.73. The summed E-state index contributed by atoms with van der Waals surface area (Å²) in [6, 6.07) is 13.4. The van der Waals surface area contributed by atoms with Crippen LogP contribution >= 0.6 is 0 Å². The molecule has 0 saturated heterocycles. The Morgan fingerprint density at radius 2 is 1.93 bits per heavy atom. The van der Waals surface area contributed by atoms with E-state index in [1.165, 1.54) is 0 Å². The van der Waals surface area contributed by atoms with E-state index in [4.69, 9.17) is 14.2 Å². The molecule has 0 spiro atoms. The third kappa shape index (κ3) is 5.62. The molecule has 0 aliphatic carbocycles. The number of nitrogens with one attached hydrogen (secondary N) is 1. The van der Waals surface area contributed by atoms with Gasteiger partial charge in [-0.3, -0.25) is 9.69 Å². The van der Waals surface area contributed by atoms with Crippen LogP contribution in [0, 0.1) is 6.92 Å². The quantitative estimate of drug-likeness (QED) is 0.812. The molecule has 144 valence electrons. The Bertz CT molecular complexity index is 779. The molecule has 1 amide bonds. The lowest BCUT2D eigenvalue weighted by molar-refractivity contribution is -0.117. The van der Waals surface area contributed by atoms with Gasteiger partial charge in [0.05, 0.1) is 19.8 Å². The zero-order valence-corrected chi connectivity index (χ0v) is 15.9. The molecule has 3 rings (SSSR count). The maximum absolute atomic E-state index is 12.3. The first-order valence-corrected chi connectivity index (χ1v) is 9.18. The van der Waals surface area contributed by atoms with Gasteiger partial charge >= 0.3 is 0 Å². The Labute approximate surface area is 160 Å². The van der Waals surface area contributed by atoms with Crippen molar-refractivity contribution in [3.05, 3.63) is 48.0 Å². The fourth-order valence-corrected chi connectivity index (χ4v) is 2.80. The summed E-state index contributed by atoms with van der Waals surface area (Å²) >= 11 is 0. The second-order valence-corrected chi connectivity index (χ2v) is 6.61. The molecule has 0 atom stereocenters. The van der Waals surface area contributed by atoms with Crippen LogP contribution in [0.15, 0.2) is 42.5 Å². The fourth-order valence-electron chi connectivity index (χ4n) is 2.80. The Balaban J connectivity index is 1.44. The number of hydrogen-bond donors (Lipinski definition) is 1. The monoisotopic (exact) mass is 370 g/mol. The van der Waals surface area contributed by atoms with Crippen LogP contribution in [0.4, 0.5) is 5.69 Å². The zero-order chi connectivity index (χ0) is 19.1. The molecule has 0 radical (unpaired) electrons. The molecule has 0 fully saturated rings. The van der Waals surface area contributed by atoms with E-state index in [0.29, 0.717) is 37.8 Å². The average Bonchev–Trinajstić information content (AvgIpc) is 2.88. The number of ether oxygens (including phenoxy) is 3. The van der Waals surface area contributed by atoms with Crippen LogP contribution in [0.2, 0.25) is 0 Å². The van der Waals surface area contributed by atoms with Gasteiger partial charge in [0.2, 0.25) is 5.91 Å². The molecule has 0 unspecified atom stereocenters. The number of likely N-dealkylation sites (N-methyl/N-ethyl adjacent to an activating group) is 1. The van der Waals surface area contributed by atoms with Gasteiger partial charge in [0.1, 0.15) is 12.4 Å². The van der Waals surface area contributed by atoms with E-state index in [9.17, 15) is 4.79 Å². The van der Waals surface area contributed by atoms with Crippen molar-refractivity contribution in [2.24, 2.45) is 0 Å². The van der Waals surface area contributed by atoms with Crippen LogP contribution in [0.1, 0.15) is 12.0 Å². The second kappa shape index (κ2) is 9.28. The maximum atomic E-state index is 12.3. The third-order valence-corrected chi connectivity index (χ3v) is 4.27. The van der Waals surface area contributed by atoms with Crippen molar-refractivity contribution in [1.29, 1.82) is 0 Å². The normalized spacial score (nSPS) is 13.1. The first-order chi connectivity index (χ1) is 13.1. The number of carbonyl (C=O) groups excluding carboxylic acids is 1. The number of anilines is 1. The SMILES string of the molecule is Cc1ccccc1OCCN(C)CC(=O)Nc1ccc2c(c1)OCCCO2. The van der Waals surface area contributed by atoms with Gasteiger partial charge in [-0.25, -0.2) is 0 Å². The largest absolute Gasteiger partial charge is 0.492 e. The number of carbonyl (C=O) groups is 1. The molecule has 6 heteroatoms. The van der Waals surface area contributed by atoms with E-state index in [-0.39, 0.29) is 12.5 Å². The number of nitrogens with zero attached hydrogens (tertiary/aromatic N) is 1. The van der Waals surface area contributed by atoms with E-state index >= 15 is 0 Å². The van der Waals surface area contributed by atoms with E-state index in [2.05, 4.69) is 5.32 Å². The lowest BCUT2D eigenvalue weighted by atomic mass is 10.2. The van der Waals surface area contributed by atoms with Gasteiger partial charge in [-0.05, 0) is 37.7 Å². The molecule has 6 nitrogen and oxygen atoms in total. The number of aryl methyl sites for hydroxylation is 1. The van der Waals surface area contributed by atoms with Crippen molar-refractivity contribution in [3.8, 4) is 17.2 Å². The first kappa shape index (κ1) is 19.0. The third-order valence-electron chi connectivity index (χ3n) is 4.27. The predicted molar refractivity (Wildman–Crippen MR) is 105 cm³/mol. The van der Waals surface area contributed by atoms with E-state index in [0.717, 1.165) is 23.5 Å². The molecule has 1 aliphatic rings. The van der Waals surface area contributed by atoms with E-state index in [1.807, 2.05) is 55.3 Å². The summed E-state index contributed by atoms with van der Waals surface area (Å²) in [5.74, 6) is 2.19. The maximum Gasteiger partial charge on any atom is 0.238 e. The number of rotatable bonds is 7. The molecule has 1 aliphatic heterocycles. The average molecular weight is 370 g/mol. The summed E-state index contributed by atoms with van der Waals surface area (Å²) in [4.78, 5) is 14.2. The van der Waals surface area contributed by atoms with Crippen LogP contribution in [0.3, 0.4) is 0 Å². The van der Waals surface area contributed by atoms with Gasteiger partial charge in [0.15, 0.2) is 11.5 Å². The molecule has 1 heterocycles. The summed E-state index contributed by atoms with van der Waals surface area (Å²) in [7, 11) is 1.90. The zero-order valence-electron chi connectivity index (χ0n) is 15.9. The smallest absolute Gasteiger partial charge is 0.238 e. The summed E-state index contributed by atoms with van der Waals surface area (Å²) in [5, 5.41) is 2.90. The van der Waals surface area contributed by atoms with Crippen molar-refractivity contribution in [3.63, 3.8) is 0 Å². The minimum Gasteiger partial charge on any atom is -0.492 e. The summed E-state index contributed by atoms with van der Waals surface area (Å²) in [6.07, 6.45) is 0.853. The molecular formula is C21H26N2O4. The van der Waals surface area contributed by atoms with Crippen molar-refractivity contribution >= 4 is 11.6 Å². The molecule has 2 aromatic carbocycles. The van der Waals surface area contributed by atoms with Gasteiger partial charge in [0, 0.05) is 24.7 Å². The highest BCUT2D eigenvalue weighted by molar-refractivity contribution is 5.92. The van der Waals surface area contributed by atoms with Crippen molar-refractivity contribution < 1.29 is 19.0 Å². The second-order valence-electron chi connectivity index (χ2n) is 6.61. The highest BCUT2D eigenvalue weighted by atomic mass is 16.5. The lowest BCUT2D eigenvalue weighted by Gasteiger charge is -2.17. The molecular weight excluding hydrogens is 344 g/mol. The number of para-hydroxylation sites is 1. The first-order valence-electron chi connectivity index (χ1n) is 9.18. The van der Waals surface area contributed by atoms with Gasteiger partial charge in [-0.2, -0.15) is 0 Å². The minimum atomic E-state index is -0.0807. The molecule has 0 bridgehead atoms. The Kier molecular flexibility index (Phi) is 6.54. The lowest BCUT2D eigenvalue weighted by Crippen LogP contribution is -2.33. The number of amides is 1. The summed E-state index contributed by atoms with van der Waals surface area (Å²) in [5.41, 5.74) is 1.81. The molecule has 27 heavy (non-hydrogen) atoms. The molecule has 0 saturated carbocycles. The summed E-state index contributed by atoms with van der Waals surface area (Å²) < 4.78 is 17.0. The van der Waals surface area contributed by atoms with Crippen LogP contribution in [0.5, 0.6) is 17.2 Å². The van der Waals surface area contributed by atoms with E-state index < -0.39 is 0 Å². The highest BCUT2D eigenvalue weighted by Crippen LogP contribution is 2.32. The van der Waals surface area contributed by atoms with Crippen molar-refractivity contribution in [2.75, 3.05) is 45.3 Å². The van der Waals surface area contributed by atoms with Crippen LogP contribution in [-0.2, 0) is 4.79 Å². The molecule has 2 aromatic rings. The van der Waals surface area contributed by atoms with Crippen LogP contribution < -0.4 is 19.5 Å². The standard InChI is InChI=1S/C21H26N2O4/c1-16-6-3-4-7-18(16)27-13-10-23(2)15-21(24)22-17-8-9-19-20(14-17)26-12-5-11-25-19/h3-4,6-9,14H,5,10-13,15H2,1-2H3,(H,22,24). The van der Waals surface area contributed by atoms with Crippen LogP contribution in [0.25, 0.3) is 0 Å². The van der Waals surface area contributed by atoms with E-state index in [1.54, 1.807) is 6.07 Å². The minimum absolute atomic E-state index is 0.0807. The molecule has 0 aromatic heterocycles. The number of hydrogen-bond acceptors (Lipinski definition) is 5. The van der Waals surface area contributed by atoms with Gasteiger partial charge in [0.25, 0.3) is 0 Å². The van der Waals surface area contributed by atoms with Gasteiger partial charge < -0.3 is 19.5 Å². The Morgan fingerprint density at radius 3 is 2.74 bits per heavy atom. The topological polar surface area (TPSA) is 60.0 Å². The number of fused-ring (bicyclic) bond motifs is 1. The van der Waals surface area contributed by atoms with Gasteiger partial charge in [-0.1, -0.05) is 18.2 Å². The number of benzene rings is 2. The fraction of sp³-hybridized carbons (Fsp3) is 0.381. The van der Waals surface area contributed by atoms with Gasteiger partial charge in [-0.15, -0.1) is 0 Å². The Morgan fingerprint density at radius 1 is 1.15 bits per heavy atom. The summed E-state index contributed by atoms with van der Waals surface area (Å²) in [6.45, 7) is 4.75.